The molecule has 0 spiro atoms. The van der Waals surface area contributed by atoms with Crippen molar-refractivity contribution in [2.75, 3.05) is 0 Å². The molecule has 0 aromatic carbocycles. The van der Waals surface area contributed by atoms with E-state index in [1.54, 1.807) is 0 Å². The Balaban J connectivity index is 2.27. The summed E-state index contributed by atoms with van der Waals surface area (Å²) in [5.41, 5.74) is 0. The molecule has 0 amide bonds. The summed E-state index contributed by atoms with van der Waals surface area (Å²) >= 11 is 0. The van der Waals surface area contributed by atoms with Gasteiger partial charge in [-0.05, 0) is 39.0 Å². The van der Waals surface area contributed by atoms with Gasteiger partial charge in [-0.15, -0.1) is 0 Å². The Bertz CT molecular complexity index is 303. The first-order valence-electron chi connectivity index (χ1n) is 6.71. The van der Waals surface area contributed by atoms with E-state index in [1.807, 2.05) is 13.8 Å². The van der Waals surface area contributed by atoms with Crippen molar-refractivity contribution in [2.45, 2.75) is 64.6 Å². The summed E-state index contributed by atoms with van der Waals surface area (Å²) in [7, 11) is 0. The maximum atomic E-state index is 11.5. The lowest BCUT2D eigenvalue weighted by atomic mass is 9.98. The summed E-state index contributed by atoms with van der Waals surface area (Å²) in [6.45, 7) is 3.74. The number of hydrogen-bond donors (Lipinski definition) is 0. The van der Waals surface area contributed by atoms with Crippen molar-refractivity contribution in [1.82, 2.24) is 0 Å². The van der Waals surface area contributed by atoms with Crippen molar-refractivity contribution in [2.24, 2.45) is 0 Å². The van der Waals surface area contributed by atoms with Gasteiger partial charge in [-0.1, -0.05) is 13.3 Å². The van der Waals surface area contributed by atoms with Crippen molar-refractivity contribution in [3.05, 3.63) is 12.2 Å². The molecule has 1 aliphatic carbocycles. The van der Waals surface area contributed by atoms with Crippen LogP contribution in [0.5, 0.6) is 0 Å². The highest BCUT2D eigenvalue weighted by molar-refractivity contribution is 5.91. The van der Waals surface area contributed by atoms with Crippen LogP contribution in [0.2, 0.25) is 0 Å². The van der Waals surface area contributed by atoms with E-state index in [4.69, 9.17) is 9.47 Å². The fourth-order valence-electron chi connectivity index (χ4n) is 1.84. The van der Waals surface area contributed by atoms with Gasteiger partial charge in [0, 0.05) is 12.2 Å². The standard InChI is InChI=1S/C14H22O4/c1-3-11(2)17-13(15)9-10-14(16)18-12-7-5-4-6-8-12/h9-12H,3-8H2,1-2H3. The van der Waals surface area contributed by atoms with E-state index >= 15 is 0 Å². The molecule has 0 radical (unpaired) electrons. The zero-order chi connectivity index (χ0) is 13.4. The second kappa shape index (κ2) is 7.90. The Hall–Kier alpha value is -1.32. The molecule has 1 fully saturated rings. The lowest BCUT2D eigenvalue weighted by molar-refractivity contribution is -0.146. The van der Waals surface area contributed by atoms with Crippen LogP contribution in [0.1, 0.15) is 52.4 Å². The number of carbonyl (C=O) groups excluding carboxylic acids is 2. The highest BCUT2D eigenvalue weighted by Crippen LogP contribution is 2.20. The Labute approximate surface area is 108 Å². The number of esters is 2. The molecule has 0 N–H and O–H groups in total. The normalized spacial score (nSPS) is 18.6. The molecule has 0 aliphatic heterocycles. The molecule has 1 atom stereocenters. The van der Waals surface area contributed by atoms with Gasteiger partial charge in [-0.25, -0.2) is 9.59 Å². The third kappa shape index (κ3) is 5.84. The van der Waals surface area contributed by atoms with Gasteiger partial charge in [0.1, 0.15) is 6.10 Å². The van der Waals surface area contributed by atoms with Crippen molar-refractivity contribution >= 4 is 11.9 Å². The zero-order valence-corrected chi connectivity index (χ0v) is 11.2. The summed E-state index contributed by atoms with van der Waals surface area (Å²) in [4.78, 5) is 22.7. The lowest BCUT2D eigenvalue weighted by Crippen LogP contribution is -2.20. The lowest BCUT2D eigenvalue weighted by Gasteiger charge is -2.20. The van der Waals surface area contributed by atoms with Crippen LogP contribution in [-0.2, 0) is 19.1 Å². The number of carbonyl (C=O) groups is 2. The maximum absolute atomic E-state index is 11.5. The fraction of sp³-hybridized carbons (Fsp3) is 0.714. The average molecular weight is 254 g/mol. The van der Waals surface area contributed by atoms with Crippen LogP contribution in [0.4, 0.5) is 0 Å². The van der Waals surface area contributed by atoms with Gasteiger partial charge in [0.05, 0.1) is 6.10 Å². The molecule has 1 aliphatic rings. The second-order valence-electron chi connectivity index (χ2n) is 4.69. The molecular formula is C14H22O4. The molecule has 0 bridgehead atoms. The first-order chi connectivity index (χ1) is 8.61. The van der Waals surface area contributed by atoms with Crippen molar-refractivity contribution in [3.63, 3.8) is 0 Å². The molecule has 0 heterocycles. The molecule has 1 saturated carbocycles. The topological polar surface area (TPSA) is 52.6 Å². The highest BCUT2D eigenvalue weighted by Gasteiger charge is 2.16. The Kier molecular flexibility index (Phi) is 6.47. The molecular weight excluding hydrogens is 232 g/mol. The van der Waals surface area contributed by atoms with E-state index in [2.05, 4.69) is 0 Å². The molecule has 4 heteroatoms. The smallest absolute Gasteiger partial charge is 0.331 e. The van der Waals surface area contributed by atoms with Crippen LogP contribution in [0.25, 0.3) is 0 Å². The molecule has 1 unspecified atom stereocenters. The first kappa shape index (κ1) is 14.7. The van der Waals surface area contributed by atoms with Gasteiger partial charge in [0.15, 0.2) is 0 Å². The third-order valence-corrected chi connectivity index (χ3v) is 3.08. The molecule has 102 valence electrons. The minimum atomic E-state index is -0.495. The van der Waals surface area contributed by atoms with Gasteiger partial charge < -0.3 is 9.47 Å². The van der Waals surface area contributed by atoms with Crippen LogP contribution < -0.4 is 0 Å². The van der Waals surface area contributed by atoms with E-state index in [-0.39, 0.29) is 12.2 Å². The molecule has 0 aromatic rings. The summed E-state index contributed by atoms with van der Waals surface area (Å²) in [6, 6.07) is 0. The predicted octanol–water partition coefficient (Wildman–Crippen LogP) is 2.76. The number of rotatable bonds is 5. The minimum absolute atomic E-state index is 0.0153. The van der Waals surface area contributed by atoms with Gasteiger partial charge in [-0.3, -0.25) is 0 Å². The van der Waals surface area contributed by atoms with Gasteiger partial charge in [0.25, 0.3) is 0 Å². The largest absolute Gasteiger partial charge is 0.460 e. The SMILES string of the molecule is CCC(C)OC(=O)C=CC(=O)OC1CCCCC1. The van der Waals surface area contributed by atoms with Gasteiger partial charge in [-0.2, -0.15) is 0 Å². The van der Waals surface area contributed by atoms with Crippen molar-refractivity contribution < 1.29 is 19.1 Å². The Morgan fingerprint density at radius 1 is 1.17 bits per heavy atom. The van der Waals surface area contributed by atoms with Crippen LogP contribution in [0, 0.1) is 0 Å². The van der Waals surface area contributed by atoms with Crippen LogP contribution >= 0.6 is 0 Å². The third-order valence-electron chi connectivity index (χ3n) is 3.08. The average Bonchev–Trinajstić information content (AvgIpc) is 2.37. The van der Waals surface area contributed by atoms with E-state index in [9.17, 15) is 9.59 Å². The van der Waals surface area contributed by atoms with E-state index < -0.39 is 11.9 Å². The number of hydrogen-bond acceptors (Lipinski definition) is 4. The molecule has 18 heavy (non-hydrogen) atoms. The van der Waals surface area contributed by atoms with E-state index in [1.165, 1.54) is 6.42 Å². The van der Waals surface area contributed by atoms with Crippen LogP contribution in [0.3, 0.4) is 0 Å². The van der Waals surface area contributed by atoms with Crippen molar-refractivity contribution in [1.29, 1.82) is 0 Å². The number of ether oxygens (including phenoxy) is 2. The molecule has 1 rings (SSSR count). The monoisotopic (exact) mass is 254 g/mol. The fourth-order valence-corrected chi connectivity index (χ4v) is 1.84. The second-order valence-corrected chi connectivity index (χ2v) is 4.69. The van der Waals surface area contributed by atoms with E-state index in [0.717, 1.165) is 44.3 Å². The van der Waals surface area contributed by atoms with Gasteiger partial charge in [0.2, 0.25) is 0 Å². The summed E-state index contributed by atoms with van der Waals surface area (Å²) in [5.74, 6) is -0.951. The quantitative estimate of drug-likeness (QED) is 0.559. The summed E-state index contributed by atoms with van der Waals surface area (Å²) in [5, 5.41) is 0. The molecule has 0 saturated heterocycles. The maximum Gasteiger partial charge on any atom is 0.331 e. The Morgan fingerprint density at radius 2 is 1.78 bits per heavy atom. The first-order valence-corrected chi connectivity index (χ1v) is 6.71. The minimum Gasteiger partial charge on any atom is -0.460 e. The van der Waals surface area contributed by atoms with Crippen LogP contribution in [-0.4, -0.2) is 24.1 Å². The Morgan fingerprint density at radius 3 is 2.39 bits per heavy atom. The predicted molar refractivity (Wildman–Crippen MR) is 68.0 cm³/mol. The summed E-state index contributed by atoms with van der Waals surface area (Å²) in [6.07, 6.45) is 8.22. The van der Waals surface area contributed by atoms with E-state index in [0.29, 0.717) is 0 Å². The van der Waals surface area contributed by atoms with Gasteiger partial charge >= 0.3 is 11.9 Å². The molecule has 4 nitrogen and oxygen atoms in total. The summed E-state index contributed by atoms with van der Waals surface area (Å²) < 4.78 is 10.2. The molecule has 0 aromatic heterocycles. The van der Waals surface area contributed by atoms with Crippen LogP contribution in [0.15, 0.2) is 12.2 Å². The van der Waals surface area contributed by atoms with Crippen molar-refractivity contribution in [3.8, 4) is 0 Å². The zero-order valence-electron chi connectivity index (χ0n) is 11.2. The highest BCUT2D eigenvalue weighted by atomic mass is 16.5.